The van der Waals surface area contributed by atoms with Crippen molar-refractivity contribution in [2.45, 2.75) is 20.8 Å². The standard InChI is InChI=1S/C24H23BrN2O3/c1-15-8-11-22(20(25)12-15)30-14-23(28)27-21-7-5-4-6-19(21)24(29)26-18-10-9-16(2)17(3)13-18/h4-13H,14H2,1-3H3,(H,26,29)(H,27,28). The van der Waals surface area contributed by atoms with Crippen LogP contribution in [-0.4, -0.2) is 18.4 Å². The second kappa shape index (κ2) is 9.59. The third-order valence-electron chi connectivity index (χ3n) is 4.66. The molecule has 2 N–H and O–H groups in total. The predicted molar refractivity (Wildman–Crippen MR) is 123 cm³/mol. The Labute approximate surface area is 184 Å². The van der Waals surface area contributed by atoms with E-state index in [1.807, 2.05) is 51.1 Å². The average molecular weight is 467 g/mol. The van der Waals surface area contributed by atoms with E-state index >= 15 is 0 Å². The first-order chi connectivity index (χ1) is 14.3. The van der Waals surface area contributed by atoms with Crippen molar-refractivity contribution in [1.82, 2.24) is 0 Å². The van der Waals surface area contributed by atoms with Crippen molar-refractivity contribution >= 4 is 39.1 Å². The minimum atomic E-state index is -0.353. The quantitative estimate of drug-likeness (QED) is 0.493. The maximum atomic E-state index is 12.8. The molecular formula is C24H23BrN2O3. The molecule has 0 saturated carbocycles. The molecule has 0 atom stereocenters. The van der Waals surface area contributed by atoms with Gasteiger partial charge < -0.3 is 15.4 Å². The summed E-state index contributed by atoms with van der Waals surface area (Å²) in [6.07, 6.45) is 0. The van der Waals surface area contributed by atoms with Crippen LogP contribution in [0.3, 0.4) is 0 Å². The van der Waals surface area contributed by atoms with Crippen molar-refractivity contribution in [2.24, 2.45) is 0 Å². The van der Waals surface area contributed by atoms with Gasteiger partial charge in [0.15, 0.2) is 6.61 Å². The molecule has 3 aromatic rings. The molecule has 0 radical (unpaired) electrons. The number of ether oxygens (including phenoxy) is 1. The molecule has 0 aliphatic heterocycles. The van der Waals surface area contributed by atoms with Gasteiger partial charge in [-0.1, -0.05) is 24.3 Å². The number of nitrogens with one attached hydrogen (secondary N) is 2. The highest BCUT2D eigenvalue weighted by Gasteiger charge is 2.14. The van der Waals surface area contributed by atoms with E-state index < -0.39 is 0 Å². The van der Waals surface area contributed by atoms with Crippen LogP contribution in [0.5, 0.6) is 5.75 Å². The van der Waals surface area contributed by atoms with Gasteiger partial charge in [-0.15, -0.1) is 0 Å². The zero-order chi connectivity index (χ0) is 21.7. The van der Waals surface area contributed by atoms with Crippen LogP contribution in [0.15, 0.2) is 65.1 Å². The lowest BCUT2D eigenvalue weighted by atomic mass is 10.1. The molecule has 0 aliphatic carbocycles. The molecule has 0 bridgehead atoms. The number of hydrogen-bond acceptors (Lipinski definition) is 3. The average Bonchev–Trinajstić information content (AvgIpc) is 2.70. The fourth-order valence-corrected chi connectivity index (χ4v) is 3.47. The maximum Gasteiger partial charge on any atom is 0.262 e. The lowest BCUT2D eigenvalue weighted by Gasteiger charge is -2.13. The molecule has 5 nitrogen and oxygen atoms in total. The highest BCUT2D eigenvalue weighted by molar-refractivity contribution is 9.10. The summed E-state index contributed by atoms with van der Waals surface area (Å²) in [6, 6.07) is 18.2. The Bertz CT molecular complexity index is 1100. The number of rotatable bonds is 6. The Balaban J connectivity index is 1.67. The molecular weight excluding hydrogens is 444 g/mol. The van der Waals surface area contributed by atoms with Gasteiger partial charge in [0.25, 0.3) is 11.8 Å². The van der Waals surface area contributed by atoms with Crippen LogP contribution in [0.1, 0.15) is 27.0 Å². The molecule has 3 aromatic carbocycles. The van der Waals surface area contributed by atoms with E-state index in [-0.39, 0.29) is 18.4 Å². The van der Waals surface area contributed by atoms with Gasteiger partial charge >= 0.3 is 0 Å². The summed E-state index contributed by atoms with van der Waals surface area (Å²) in [5.74, 6) is -0.0678. The van der Waals surface area contributed by atoms with Crippen molar-refractivity contribution in [3.8, 4) is 5.75 Å². The smallest absolute Gasteiger partial charge is 0.262 e. The minimum absolute atomic E-state index is 0.172. The van der Waals surface area contributed by atoms with Gasteiger partial charge in [-0.3, -0.25) is 9.59 Å². The van der Waals surface area contributed by atoms with E-state index in [2.05, 4.69) is 26.6 Å². The van der Waals surface area contributed by atoms with E-state index in [4.69, 9.17) is 4.74 Å². The summed E-state index contributed by atoms with van der Waals surface area (Å²) in [7, 11) is 0. The predicted octanol–water partition coefficient (Wildman–Crippen LogP) is 5.64. The van der Waals surface area contributed by atoms with Crippen LogP contribution in [0.2, 0.25) is 0 Å². The second-order valence-electron chi connectivity index (χ2n) is 7.07. The SMILES string of the molecule is Cc1ccc(OCC(=O)Nc2ccccc2C(=O)Nc2ccc(C)c(C)c2)c(Br)c1. The van der Waals surface area contributed by atoms with E-state index in [0.717, 1.165) is 21.2 Å². The molecule has 0 unspecified atom stereocenters. The third-order valence-corrected chi connectivity index (χ3v) is 5.28. The summed E-state index contributed by atoms with van der Waals surface area (Å²) >= 11 is 3.43. The van der Waals surface area contributed by atoms with Gasteiger partial charge in [0.1, 0.15) is 5.75 Å². The zero-order valence-electron chi connectivity index (χ0n) is 17.1. The van der Waals surface area contributed by atoms with Crippen LogP contribution in [0.4, 0.5) is 11.4 Å². The Morgan fingerprint density at radius 2 is 1.67 bits per heavy atom. The highest BCUT2D eigenvalue weighted by Crippen LogP contribution is 2.26. The van der Waals surface area contributed by atoms with Crippen molar-refractivity contribution in [2.75, 3.05) is 17.2 Å². The number of amides is 2. The molecule has 3 rings (SSSR count). The van der Waals surface area contributed by atoms with Gasteiger partial charge in [-0.05, 0) is 89.8 Å². The summed E-state index contributed by atoms with van der Waals surface area (Å²) in [4.78, 5) is 25.2. The monoisotopic (exact) mass is 466 g/mol. The third kappa shape index (κ3) is 5.48. The molecule has 2 amide bonds. The van der Waals surface area contributed by atoms with Crippen molar-refractivity contribution in [3.05, 3.63) is 87.4 Å². The van der Waals surface area contributed by atoms with E-state index in [9.17, 15) is 9.59 Å². The lowest BCUT2D eigenvalue weighted by Crippen LogP contribution is -2.23. The van der Waals surface area contributed by atoms with Gasteiger partial charge in [0.05, 0.1) is 15.7 Å². The fourth-order valence-electron chi connectivity index (χ4n) is 2.86. The Kier molecular flexibility index (Phi) is 6.90. The normalized spacial score (nSPS) is 10.4. The molecule has 0 fully saturated rings. The molecule has 0 spiro atoms. The number of anilines is 2. The summed E-state index contributed by atoms with van der Waals surface area (Å²) in [5, 5.41) is 5.64. The van der Waals surface area contributed by atoms with Gasteiger partial charge in [-0.2, -0.15) is 0 Å². The molecule has 0 saturated heterocycles. The Hall–Kier alpha value is -3.12. The fraction of sp³-hybridized carbons (Fsp3) is 0.167. The minimum Gasteiger partial charge on any atom is -0.483 e. The highest BCUT2D eigenvalue weighted by atomic mass is 79.9. The van der Waals surface area contributed by atoms with Crippen LogP contribution in [0, 0.1) is 20.8 Å². The van der Waals surface area contributed by atoms with Crippen molar-refractivity contribution in [1.29, 1.82) is 0 Å². The molecule has 154 valence electrons. The topological polar surface area (TPSA) is 67.4 Å². The van der Waals surface area contributed by atoms with Gasteiger partial charge in [-0.25, -0.2) is 0 Å². The number of carbonyl (C=O) groups excluding carboxylic acids is 2. The van der Waals surface area contributed by atoms with E-state index in [1.165, 1.54) is 0 Å². The molecule has 0 heterocycles. The number of benzene rings is 3. The summed E-state index contributed by atoms with van der Waals surface area (Å²) in [5.41, 5.74) is 4.84. The summed E-state index contributed by atoms with van der Waals surface area (Å²) < 4.78 is 6.37. The number of aryl methyl sites for hydroxylation is 3. The van der Waals surface area contributed by atoms with Gasteiger partial charge in [0, 0.05) is 5.69 Å². The molecule has 6 heteroatoms. The molecule has 30 heavy (non-hydrogen) atoms. The maximum absolute atomic E-state index is 12.8. The largest absolute Gasteiger partial charge is 0.483 e. The lowest BCUT2D eigenvalue weighted by molar-refractivity contribution is -0.118. The van der Waals surface area contributed by atoms with Crippen molar-refractivity contribution < 1.29 is 14.3 Å². The number of para-hydroxylation sites is 1. The van der Waals surface area contributed by atoms with Crippen LogP contribution >= 0.6 is 15.9 Å². The second-order valence-corrected chi connectivity index (χ2v) is 7.92. The zero-order valence-corrected chi connectivity index (χ0v) is 18.7. The van der Waals surface area contributed by atoms with E-state index in [0.29, 0.717) is 22.7 Å². The Morgan fingerprint density at radius 1 is 0.900 bits per heavy atom. The number of carbonyl (C=O) groups is 2. The van der Waals surface area contributed by atoms with Crippen LogP contribution in [0.25, 0.3) is 0 Å². The number of hydrogen-bond donors (Lipinski definition) is 2. The molecule has 0 aromatic heterocycles. The van der Waals surface area contributed by atoms with Crippen LogP contribution < -0.4 is 15.4 Å². The first kappa shape index (κ1) is 21.6. The van der Waals surface area contributed by atoms with Crippen molar-refractivity contribution in [3.63, 3.8) is 0 Å². The molecule has 0 aliphatic rings. The van der Waals surface area contributed by atoms with E-state index in [1.54, 1.807) is 30.3 Å². The first-order valence-electron chi connectivity index (χ1n) is 9.50. The summed E-state index contributed by atoms with van der Waals surface area (Å²) in [6.45, 7) is 5.81. The van der Waals surface area contributed by atoms with Crippen LogP contribution in [-0.2, 0) is 4.79 Å². The van der Waals surface area contributed by atoms with Gasteiger partial charge in [0.2, 0.25) is 0 Å². The Morgan fingerprint density at radius 3 is 2.40 bits per heavy atom. The first-order valence-corrected chi connectivity index (χ1v) is 10.3. The number of halogens is 1.